The van der Waals surface area contributed by atoms with Crippen LogP contribution >= 0.6 is 0 Å². The number of anilines is 3. The Labute approximate surface area is 366 Å². The van der Waals surface area contributed by atoms with Gasteiger partial charge in [-0.15, -0.1) is 0 Å². The topological polar surface area (TPSA) is 184 Å². The van der Waals surface area contributed by atoms with Crippen molar-refractivity contribution in [1.82, 2.24) is 14.7 Å². The number of nitrogens with one attached hydrogen (secondary N) is 3. The Kier molecular flexibility index (Phi) is 13.5. The number of nitrogens with zero attached hydrogens (tertiary/aromatic N) is 3. The van der Waals surface area contributed by atoms with Gasteiger partial charge in [0.2, 0.25) is 17.7 Å². The Balaban J connectivity index is 0.945. The number of amides is 6. The smallest absolute Gasteiger partial charge is 0.410 e. The summed E-state index contributed by atoms with van der Waals surface area (Å²) in [7, 11) is 0. The fraction of sp³-hybridized carbons (Fsp3) is 0.354. The van der Waals surface area contributed by atoms with Gasteiger partial charge in [-0.2, -0.15) is 0 Å². The van der Waals surface area contributed by atoms with Crippen LogP contribution in [-0.2, 0) is 30.5 Å². The van der Waals surface area contributed by atoms with E-state index >= 15 is 0 Å². The number of ether oxygens (including phenoxy) is 2. The lowest BCUT2D eigenvalue weighted by molar-refractivity contribution is -0.120. The maximum absolute atomic E-state index is 13.9. The zero-order chi connectivity index (χ0) is 44.7. The molecule has 0 spiro atoms. The quantitative estimate of drug-likeness (QED) is 0.136. The molecule has 4 aromatic rings. The first kappa shape index (κ1) is 44.0. The molecule has 3 aliphatic rings. The van der Waals surface area contributed by atoms with E-state index in [0.717, 1.165) is 5.56 Å². The maximum Gasteiger partial charge on any atom is 0.410 e. The number of benzene rings is 4. The minimum Gasteiger partial charge on any atom is -0.457 e. The van der Waals surface area contributed by atoms with E-state index < -0.39 is 47.6 Å². The van der Waals surface area contributed by atoms with Crippen LogP contribution < -0.4 is 16.0 Å². The van der Waals surface area contributed by atoms with Crippen molar-refractivity contribution in [1.29, 1.82) is 0 Å². The van der Waals surface area contributed by atoms with Crippen molar-refractivity contribution in [3.63, 3.8) is 0 Å². The van der Waals surface area contributed by atoms with Gasteiger partial charge in [-0.3, -0.25) is 28.9 Å². The summed E-state index contributed by atoms with van der Waals surface area (Å²) < 4.78 is 10.9. The molecule has 63 heavy (non-hydrogen) atoms. The molecule has 6 amide bonds. The number of esters is 1. The van der Waals surface area contributed by atoms with E-state index in [4.69, 9.17) is 9.47 Å². The first-order valence-corrected chi connectivity index (χ1v) is 21.3. The molecule has 0 radical (unpaired) electrons. The number of rotatable bonds is 11. The normalized spacial score (nSPS) is 18.4. The highest BCUT2D eigenvalue weighted by atomic mass is 16.6. The highest BCUT2D eigenvalue weighted by Crippen LogP contribution is 2.27. The maximum atomic E-state index is 13.9. The second kappa shape index (κ2) is 19.3. The lowest BCUT2D eigenvalue weighted by Crippen LogP contribution is -2.45. The van der Waals surface area contributed by atoms with Crippen molar-refractivity contribution in [3.05, 3.63) is 125 Å². The van der Waals surface area contributed by atoms with Crippen LogP contribution in [0.1, 0.15) is 95.9 Å². The van der Waals surface area contributed by atoms with Crippen LogP contribution in [0.4, 0.5) is 21.9 Å². The molecule has 0 aliphatic carbocycles. The van der Waals surface area contributed by atoms with Crippen LogP contribution in [0, 0.1) is 0 Å². The molecule has 3 fully saturated rings. The molecule has 4 aromatic carbocycles. The number of hydrogen-bond donors (Lipinski definition) is 3. The van der Waals surface area contributed by atoms with Crippen LogP contribution in [-0.4, -0.2) is 99.7 Å². The predicted molar refractivity (Wildman–Crippen MR) is 235 cm³/mol. The third kappa shape index (κ3) is 10.9. The summed E-state index contributed by atoms with van der Waals surface area (Å²) in [5, 5.41) is 8.58. The predicted octanol–water partition coefficient (Wildman–Crippen LogP) is 6.87. The molecule has 7 rings (SSSR count). The lowest BCUT2D eigenvalue weighted by atomic mass is 10.1. The van der Waals surface area contributed by atoms with Gasteiger partial charge in [0, 0.05) is 47.8 Å². The molecule has 0 unspecified atom stereocenters. The Morgan fingerprint density at radius 2 is 0.952 bits per heavy atom. The van der Waals surface area contributed by atoms with Gasteiger partial charge in [0.1, 0.15) is 30.3 Å². The van der Waals surface area contributed by atoms with Gasteiger partial charge in [0.05, 0.1) is 5.56 Å². The van der Waals surface area contributed by atoms with E-state index in [-0.39, 0.29) is 41.0 Å². The molecule has 328 valence electrons. The lowest BCUT2D eigenvalue weighted by Gasteiger charge is -2.28. The van der Waals surface area contributed by atoms with Gasteiger partial charge < -0.3 is 35.2 Å². The zero-order valence-electron chi connectivity index (χ0n) is 35.6. The molecule has 0 aromatic heterocycles. The second-order valence-electron chi connectivity index (χ2n) is 16.9. The van der Waals surface area contributed by atoms with Crippen LogP contribution in [0.3, 0.4) is 0 Å². The molecular formula is C48H52N6O9. The highest BCUT2D eigenvalue weighted by Gasteiger charge is 2.38. The summed E-state index contributed by atoms with van der Waals surface area (Å²) in [5.74, 6) is -2.48. The summed E-state index contributed by atoms with van der Waals surface area (Å²) >= 11 is 0. The summed E-state index contributed by atoms with van der Waals surface area (Å²) in [5.41, 5.74) is 2.12. The van der Waals surface area contributed by atoms with E-state index in [1.807, 2.05) is 30.3 Å². The third-order valence-corrected chi connectivity index (χ3v) is 11.1. The summed E-state index contributed by atoms with van der Waals surface area (Å²) in [6, 6.07) is 26.5. The minimum absolute atomic E-state index is 0.110. The van der Waals surface area contributed by atoms with Gasteiger partial charge in [-0.05, 0) is 119 Å². The van der Waals surface area contributed by atoms with Crippen molar-refractivity contribution in [2.75, 3.05) is 35.6 Å². The molecule has 3 atom stereocenters. The van der Waals surface area contributed by atoms with Gasteiger partial charge in [0.15, 0.2) is 0 Å². The van der Waals surface area contributed by atoms with E-state index in [9.17, 15) is 33.6 Å². The molecule has 15 heteroatoms. The van der Waals surface area contributed by atoms with Crippen molar-refractivity contribution < 1.29 is 43.0 Å². The molecule has 0 saturated carbocycles. The van der Waals surface area contributed by atoms with Gasteiger partial charge in [-0.25, -0.2) is 9.59 Å². The van der Waals surface area contributed by atoms with Crippen molar-refractivity contribution in [2.24, 2.45) is 0 Å². The molecule has 3 heterocycles. The van der Waals surface area contributed by atoms with Gasteiger partial charge in [0.25, 0.3) is 11.8 Å². The molecule has 15 nitrogen and oxygen atoms in total. The minimum atomic E-state index is -0.785. The van der Waals surface area contributed by atoms with Crippen LogP contribution in [0.2, 0.25) is 0 Å². The van der Waals surface area contributed by atoms with E-state index in [2.05, 4.69) is 16.0 Å². The van der Waals surface area contributed by atoms with E-state index in [1.165, 1.54) is 20.8 Å². The highest BCUT2D eigenvalue weighted by molar-refractivity contribution is 6.05. The van der Waals surface area contributed by atoms with E-state index in [0.29, 0.717) is 75.2 Å². The Bertz CT molecular complexity index is 2380. The monoisotopic (exact) mass is 856 g/mol. The van der Waals surface area contributed by atoms with Crippen LogP contribution in [0.25, 0.3) is 0 Å². The number of likely N-dealkylation sites (tertiary alicyclic amines) is 3. The second-order valence-corrected chi connectivity index (χ2v) is 16.9. The largest absolute Gasteiger partial charge is 0.457 e. The molecule has 3 aliphatic heterocycles. The SMILES string of the molecule is CC(C)(C)OC(=O)N1CCC[C@H]1C(=O)Nc1cccc(C(=O)N2CCC[C@H]2C(=O)Nc2cccc(C(=O)N3CCC[C@H]3C(=O)Nc3cccc(C(=O)OCc4ccccc4)c3)c2)c1. The number of carbonyl (C=O) groups is 7. The van der Waals surface area contributed by atoms with Gasteiger partial charge in [-0.1, -0.05) is 48.5 Å². The number of carbonyl (C=O) groups excluding carboxylic acids is 7. The zero-order valence-corrected chi connectivity index (χ0v) is 35.6. The molecule has 3 N–H and O–H groups in total. The van der Waals surface area contributed by atoms with Crippen LogP contribution in [0.15, 0.2) is 103 Å². The Morgan fingerprint density at radius 1 is 0.540 bits per heavy atom. The van der Waals surface area contributed by atoms with Crippen LogP contribution in [0.5, 0.6) is 0 Å². The summed E-state index contributed by atoms with van der Waals surface area (Å²) in [4.78, 5) is 98.3. The molecule has 3 saturated heterocycles. The third-order valence-electron chi connectivity index (χ3n) is 11.1. The standard InChI is InChI=1S/C48H52N6O9/c1-48(2,3)63-47(61)54-26-12-23-40(54)43(57)50-36-19-8-16-33(28-36)45(59)52-24-10-21-38(52)41(55)49-35-18-7-15-32(27-35)44(58)53-25-11-22-39(53)42(56)51-37-20-9-17-34(29-37)46(60)62-30-31-13-5-4-6-14-31/h4-9,13-20,27-29,38-40H,10-12,21-26,30H2,1-3H3,(H,49,55)(H,50,57)(H,51,56)/t38-,39-,40-/m0/s1. The summed E-state index contributed by atoms with van der Waals surface area (Å²) in [6.45, 7) is 6.51. The van der Waals surface area contributed by atoms with E-state index in [1.54, 1.807) is 87.5 Å². The average molecular weight is 857 g/mol. The first-order valence-electron chi connectivity index (χ1n) is 21.3. The van der Waals surface area contributed by atoms with Crippen molar-refractivity contribution >= 4 is 58.7 Å². The Hall–Kier alpha value is -7.03. The average Bonchev–Trinajstić information content (AvgIpc) is 4.08. The first-order chi connectivity index (χ1) is 30.2. The fourth-order valence-electron chi connectivity index (χ4n) is 8.14. The van der Waals surface area contributed by atoms with Gasteiger partial charge >= 0.3 is 12.1 Å². The fourth-order valence-corrected chi connectivity index (χ4v) is 8.14. The van der Waals surface area contributed by atoms with Crippen molar-refractivity contribution in [3.8, 4) is 0 Å². The summed E-state index contributed by atoms with van der Waals surface area (Å²) in [6.07, 6.45) is 2.67. The number of hydrogen-bond acceptors (Lipinski definition) is 9. The molecular weight excluding hydrogens is 805 g/mol. The van der Waals surface area contributed by atoms with Crippen molar-refractivity contribution in [2.45, 2.75) is 89.6 Å². The Morgan fingerprint density at radius 3 is 1.41 bits per heavy atom. The molecule has 0 bridgehead atoms.